The average Bonchev–Trinajstić information content (AvgIpc) is 2.32. The highest BCUT2D eigenvalue weighted by atomic mass is 16.5. The summed E-state index contributed by atoms with van der Waals surface area (Å²) in [6, 6.07) is 6.63. The van der Waals surface area contributed by atoms with Crippen LogP contribution in [-0.4, -0.2) is 23.2 Å². The van der Waals surface area contributed by atoms with E-state index in [4.69, 9.17) is 9.84 Å². The molecule has 0 radical (unpaired) electrons. The number of hydrogen-bond donors (Lipinski definition) is 2. The molecule has 104 valence electrons. The highest BCUT2D eigenvalue weighted by Gasteiger charge is 2.23. The molecule has 0 aliphatic heterocycles. The largest absolute Gasteiger partial charge is 0.480 e. The van der Waals surface area contributed by atoms with Gasteiger partial charge in [0.25, 0.3) is 0 Å². The zero-order valence-electron chi connectivity index (χ0n) is 11.3. The van der Waals surface area contributed by atoms with E-state index < -0.39 is 18.1 Å². The molecular formula is C14H19NO4. The van der Waals surface area contributed by atoms with E-state index in [-0.39, 0.29) is 12.5 Å². The molecule has 1 aromatic carbocycles. The normalized spacial score (nSPS) is 12.0. The van der Waals surface area contributed by atoms with Crippen molar-refractivity contribution in [3.63, 3.8) is 0 Å². The van der Waals surface area contributed by atoms with Crippen LogP contribution < -0.4 is 5.32 Å². The Hall–Kier alpha value is -2.04. The van der Waals surface area contributed by atoms with E-state index in [0.717, 1.165) is 11.1 Å². The standard InChI is InChI=1S/C14H19NO4/c1-9(2)12(13(16)17)15-14(18)19-8-11-6-4-5-10(3)7-11/h4-7,9,12H,8H2,1-3H3,(H,15,18)(H,16,17). The maximum atomic E-state index is 11.5. The van der Waals surface area contributed by atoms with Crippen LogP contribution in [-0.2, 0) is 16.1 Å². The molecule has 5 heteroatoms. The number of alkyl carbamates (subject to hydrolysis) is 1. The second-order valence-corrected chi connectivity index (χ2v) is 4.77. The summed E-state index contributed by atoms with van der Waals surface area (Å²) in [6.45, 7) is 5.51. The molecule has 0 bridgehead atoms. The van der Waals surface area contributed by atoms with Gasteiger partial charge in [0.15, 0.2) is 0 Å². The molecule has 1 atom stereocenters. The van der Waals surface area contributed by atoms with Crippen LogP contribution in [0.1, 0.15) is 25.0 Å². The summed E-state index contributed by atoms with van der Waals surface area (Å²) >= 11 is 0. The van der Waals surface area contributed by atoms with Gasteiger partial charge in [0.05, 0.1) is 0 Å². The van der Waals surface area contributed by atoms with Crippen LogP contribution in [0.15, 0.2) is 24.3 Å². The van der Waals surface area contributed by atoms with E-state index in [1.54, 1.807) is 13.8 Å². The van der Waals surface area contributed by atoms with Gasteiger partial charge >= 0.3 is 12.1 Å². The van der Waals surface area contributed by atoms with Crippen LogP contribution in [0.3, 0.4) is 0 Å². The smallest absolute Gasteiger partial charge is 0.408 e. The number of aliphatic carboxylic acids is 1. The first-order valence-corrected chi connectivity index (χ1v) is 6.11. The van der Waals surface area contributed by atoms with E-state index in [1.165, 1.54) is 0 Å². The zero-order valence-corrected chi connectivity index (χ0v) is 11.3. The number of hydrogen-bond acceptors (Lipinski definition) is 3. The Morgan fingerprint density at radius 2 is 2.05 bits per heavy atom. The Balaban J connectivity index is 2.49. The number of aryl methyl sites for hydroxylation is 1. The van der Waals surface area contributed by atoms with Gasteiger partial charge in [0.2, 0.25) is 0 Å². The molecular weight excluding hydrogens is 246 g/mol. The lowest BCUT2D eigenvalue weighted by atomic mass is 10.1. The minimum atomic E-state index is -1.07. The molecule has 2 N–H and O–H groups in total. The van der Waals surface area contributed by atoms with Gasteiger partial charge in [-0.25, -0.2) is 9.59 Å². The van der Waals surface area contributed by atoms with Crippen LogP contribution in [0.4, 0.5) is 4.79 Å². The molecule has 0 spiro atoms. The van der Waals surface area contributed by atoms with Crippen LogP contribution in [0.2, 0.25) is 0 Å². The maximum Gasteiger partial charge on any atom is 0.408 e. The molecule has 0 saturated carbocycles. The Morgan fingerprint density at radius 1 is 1.37 bits per heavy atom. The summed E-state index contributed by atoms with van der Waals surface area (Å²) in [7, 11) is 0. The number of carbonyl (C=O) groups excluding carboxylic acids is 1. The van der Waals surface area contributed by atoms with E-state index >= 15 is 0 Å². The van der Waals surface area contributed by atoms with Crippen molar-refractivity contribution in [2.24, 2.45) is 5.92 Å². The van der Waals surface area contributed by atoms with Crippen molar-refractivity contribution in [1.82, 2.24) is 5.32 Å². The maximum absolute atomic E-state index is 11.5. The molecule has 0 aliphatic rings. The molecule has 0 heterocycles. The van der Waals surface area contributed by atoms with Crippen LogP contribution in [0.5, 0.6) is 0 Å². The van der Waals surface area contributed by atoms with Gasteiger partial charge in [0, 0.05) is 0 Å². The minimum absolute atomic E-state index is 0.123. The monoisotopic (exact) mass is 265 g/mol. The molecule has 1 unspecified atom stereocenters. The summed E-state index contributed by atoms with van der Waals surface area (Å²) < 4.78 is 5.00. The Labute approximate surface area is 112 Å². The van der Waals surface area contributed by atoms with Gasteiger partial charge in [-0.2, -0.15) is 0 Å². The lowest BCUT2D eigenvalue weighted by Crippen LogP contribution is -2.44. The van der Waals surface area contributed by atoms with Crippen molar-refractivity contribution in [3.8, 4) is 0 Å². The second-order valence-electron chi connectivity index (χ2n) is 4.77. The lowest BCUT2D eigenvalue weighted by molar-refractivity contribution is -0.140. The van der Waals surface area contributed by atoms with Gasteiger partial charge in [-0.3, -0.25) is 0 Å². The molecule has 0 aliphatic carbocycles. The van der Waals surface area contributed by atoms with E-state index in [9.17, 15) is 9.59 Å². The van der Waals surface area contributed by atoms with Crippen LogP contribution >= 0.6 is 0 Å². The predicted molar refractivity (Wildman–Crippen MR) is 70.8 cm³/mol. The number of carboxylic acid groups (broad SMARTS) is 1. The zero-order chi connectivity index (χ0) is 14.4. The number of carboxylic acids is 1. The van der Waals surface area contributed by atoms with Crippen molar-refractivity contribution in [2.45, 2.75) is 33.4 Å². The third-order valence-electron chi connectivity index (χ3n) is 2.66. The SMILES string of the molecule is Cc1cccc(COC(=O)NC(C(=O)O)C(C)C)c1. The fourth-order valence-electron chi connectivity index (χ4n) is 1.63. The van der Waals surface area contributed by atoms with Gasteiger partial charge in [-0.15, -0.1) is 0 Å². The highest BCUT2D eigenvalue weighted by molar-refractivity contribution is 5.80. The van der Waals surface area contributed by atoms with Gasteiger partial charge in [-0.05, 0) is 18.4 Å². The van der Waals surface area contributed by atoms with Gasteiger partial charge < -0.3 is 15.2 Å². The molecule has 19 heavy (non-hydrogen) atoms. The van der Waals surface area contributed by atoms with E-state index in [1.807, 2.05) is 31.2 Å². The number of carbonyl (C=O) groups is 2. The lowest BCUT2D eigenvalue weighted by Gasteiger charge is -2.17. The summed E-state index contributed by atoms with van der Waals surface area (Å²) in [5, 5.41) is 11.3. The van der Waals surface area contributed by atoms with Gasteiger partial charge in [-0.1, -0.05) is 43.7 Å². The van der Waals surface area contributed by atoms with Gasteiger partial charge in [0.1, 0.15) is 12.6 Å². The fraction of sp³-hybridized carbons (Fsp3) is 0.429. The third kappa shape index (κ3) is 4.99. The number of nitrogens with one attached hydrogen (secondary N) is 1. The molecule has 1 aromatic rings. The molecule has 1 amide bonds. The first-order valence-electron chi connectivity index (χ1n) is 6.11. The summed E-state index contributed by atoms with van der Waals surface area (Å²) in [6.07, 6.45) is -0.720. The number of ether oxygens (including phenoxy) is 1. The number of rotatable bonds is 5. The molecule has 0 aromatic heterocycles. The molecule has 0 fully saturated rings. The summed E-state index contributed by atoms with van der Waals surface area (Å²) in [5.41, 5.74) is 1.94. The first kappa shape index (κ1) is 15.0. The van der Waals surface area contributed by atoms with Crippen LogP contribution in [0.25, 0.3) is 0 Å². The summed E-state index contributed by atoms with van der Waals surface area (Å²) in [5.74, 6) is -1.27. The van der Waals surface area contributed by atoms with Crippen molar-refractivity contribution < 1.29 is 19.4 Å². The number of benzene rings is 1. The highest BCUT2D eigenvalue weighted by Crippen LogP contribution is 2.06. The predicted octanol–water partition coefficient (Wildman–Crippen LogP) is 2.33. The molecule has 1 rings (SSSR count). The molecule has 0 saturated heterocycles. The molecule has 5 nitrogen and oxygen atoms in total. The van der Waals surface area contributed by atoms with E-state index in [2.05, 4.69) is 5.32 Å². The van der Waals surface area contributed by atoms with Crippen molar-refractivity contribution >= 4 is 12.1 Å². The fourth-order valence-corrected chi connectivity index (χ4v) is 1.63. The summed E-state index contributed by atoms with van der Waals surface area (Å²) in [4.78, 5) is 22.4. The quantitative estimate of drug-likeness (QED) is 0.856. The van der Waals surface area contributed by atoms with Crippen LogP contribution in [0, 0.1) is 12.8 Å². The second kappa shape index (κ2) is 6.78. The number of amides is 1. The van der Waals surface area contributed by atoms with Crippen molar-refractivity contribution in [1.29, 1.82) is 0 Å². The van der Waals surface area contributed by atoms with E-state index in [0.29, 0.717) is 0 Å². The average molecular weight is 265 g/mol. The Bertz CT molecular complexity index is 457. The van der Waals surface area contributed by atoms with Crippen molar-refractivity contribution in [3.05, 3.63) is 35.4 Å². The topological polar surface area (TPSA) is 75.6 Å². The first-order chi connectivity index (χ1) is 8.90. The Kier molecular flexibility index (Phi) is 5.36. The minimum Gasteiger partial charge on any atom is -0.480 e. The van der Waals surface area contributed by atoms with Crippen molar-refractivity contribution in [2.75, 3.05) is 0 Å². The third-order valence-corrected chi connectivity index (χ3v) is 2.66. The Morgan fingerprint density at radius 3 is 2.58 bits per heavy atom.